The highest BCUT2D eigenvalue weighted by atomic mass is 19.1. The van der Waals surface area contributed by atoms with Gasteiger partial charge in [-0.25, -0.2) is 4.39 Å². The second-order valence-corrected chi connectivity index (χ2v) is 7.22. The van der Waals surface area contributed by atoms with Gasteiger partial charge in [0.2, 0.25) is 0 Å². The smallest absolute Gasteiger partial charge is 0.123 e. The Labute approximate surface area is 124 Å². The van der Waals surface area contributed by atoms with Gasteiger partial charge in [-0.05, 0) is 60.9 Å². The molecule has 1 aromatic rings. The van der Waals surface area contributed by atoms with E-state index in [0.717, 1.165) is 18.5 Å². The Bertz CT molecular complexity index is 420. The van der Waals surface area contributed by atoms with E-state index in [0.29, 0.717) is 11.3 Å². The third-order valence-electron chi connectivity index (χ3n) is 3.67. The SMILES string of the molecule is CCNC(CC(C)CC(C)(C)C)c1cc(F)ccc1C. The van der Waals surface area contributed by atoms with Crippen LogP contribution in [0.15, 0.2) is 18.2 Å². The summed E-state index contributed by atoms with van der Waals surface area (Å²) in [5, 5.41) is 3.52. The fourth-order valence-electron chi connectivity index (χ4n) is 3.08. The van der Waals surface area contributed by atoms with Crippen LogP contribution < -0.4 is 5.32 Å². The van der Waals surface area contributed by atoms with Crippen molar-refractivity contribution in [2.45, 2.75) is 60.4 Å². The molecular formula is C18H30FN. The van der Waals surface area contributed by atoms with Crippen LogP contribution in [0.4, 0.5) is 4.39 Å². The predicted molar refractivity (Wildman–Crippen MR) is 85.4 cm³/mol. The molecule has 20 heavy (non-hydrogen) atoms. The van der Waals surface area contributed by atoms with E-state index in [2.05, 4.69) is 46.9 Å². The van der Waals surface area contributed by atoms with Crippen LogP contribution >= 0.6 is 0 Å². The van der Waals surface area contributed by atoms with Crippen molar-refractivity contribution in [3.05, 3.63) is 35.1 Å². The van der Waals surface area contributed by atoms with E-state index in [4.69, 9.17) is 0 Å². The average Bonchev–Trinajstić information content (AvgIpc) is 2.29. The van der Waals surface area contributed by atoms with Gasteiger partial charge in [0.25, 0.3) is 0 Å². The summed E-state index contributed by atoms with van der Waals surface area (Å²) in [6, 6.07) is 5.35. The Morgan fingerprint density at radius 2 is 1.90 bits per heavy atom. The van der Waals surface area contributed by atoms with Crippen LogP contribution in [0.2, 0.25) is 0 Å². The normalized spacial score (nSPS) is 15.2. The first kappa shape index (κ1) is 17.2. The maximum absolute atomic E-state index is 13.5. The lowest BCUT2D eigenvalue weighted by atomic mass is 9.81. The van der Waals surface area contributed by atoms with Crippen LogP contribution in [0.3, 0.4) is 0 Å². The molecule has 0 aliphatic rings. The van der Waals surface area contributed by atoms with Crippen molar-refractivity contribution in [1.29, 1.82) is 0 Å². The molecule has 114 valence electrons. The molecule has 1 aromatic carbocycles. The topological polar surface area (TPSA) is 12.0 Å². The van der Waals surface area contributed by atoms with Crippen molar-refractivity contribution < 1.29 is 4.39 Å². The number of nitrogens with one attached hydrogen (secondary N) is 1. The van der Waals surface area contributed by atoms with Crippen LogP contribution in [0.1, 0.15) is 64.6 Å². The van der Waals surface area contributed by atoms with Gasteiger partial charge in [-0.2, -0.15) is 0 Å². The number of hydrogen-bond donors (Lipinski definition) is 1. The zero-order valence-corrected chi connectivity index (χ0v) is 13.9. The minimum atomic E-state index is -0.142. The summed E-state index contributed by atoms with van der Waals surface area (Å²) in [6.07, 6.45) is 2.23. The van der Waals surface area contributed by atoms with E-state index in [1.54, 1.807) is 12.1 Å². The van der Waals surface area contributed by atoms with Crippen LogP contribution in [-0.2, 0) is 0 Å². The van der Waals surface area contributed by atoms with Crippen molar-refractivity contribution in [2.75, 3.05) is 6.54 Å². The van der Waals surface area contributed by atoms with Crippen molar-refractivity contribution >= 4 is 0 Å². The third-order valence-corrected chi connectivity index (χ3v) is 3.67. The third kappa shape index (κ3) is 5.62. The standard InChI is InChI=1S/C18H30FN/c1-7-20-17(10-13(2)12-18(4,5)6)16-11-15(19)9-8-14(16)3/h8-9,11,13,17,20H,7,10,12H2,1-6H3. The molecule has 0 spiro atoms. The van der Waals surface area contributed by atoms with E-state index < -0.39 is 0 Å². The highest BCUT2D eigenvalue weighted by Crippen LogP contribution is 2.31. The lowest BCUT2D eigenvalue weighted by molar-refractivity contribution is 0.276. The van der Waals surface area contributed by atoms with Crippen molar-refractivity contribution in [1.82, 2.24) is 5.32 Å². The van der Waals surface area contributed by atoms with Gasteiger partial charge in [0.1, 0.15) is 5.82 Å². The van der Waals surface area contributed by atoms with Gasteiger partial charge >= 0.3 is 0 Å². The minimum absolute atomic E-state index is 0.142. The molecule has 0 amide bonds. The first-order valence-corrected chi connectivity index (χ1v) is 7.72. The van der Waals surface area contributed by atoms with Gasteiger partial charge in [0.15, 0.2) is 0 Å². The van der Waals surface area contributed by atoms with Crippen LogP contribution in [0, 0.1) is 24.1 Å². The number of rotatable bonds is 6. The quantitative estimate of drug-likeness (QED) is 0.750. The summed E-state index contributed by atoms with van der Waals surface area (Å²) in [7, 11) is 0. The minimum Gasteiger partial charge on any atom is -0.310 e. The van der Waals surface area contributed by atoms with Gasteiger partial charge in [0.05, 0.1) is 0 Å². The second kappa shape index (κ2) is 7.21. The molecule has 0 heterocycles. The molecule has 2 atom stereocenters. The summed E-state index contributed by atoms with van der Waals surface area (Å²) >= 11 is 0. The molecule has 1 rings (SSSR count). The molecule has 0 saturated carbocycles. The number of benzene rings is 1. The Morgan fingerprint density at radius 1 is 1.25 bits per heavy atom. The Morgan fingerprint density at radius 3 is 2.45 bits per heavy atom. The molecule has 1 N–H and O–H groups in total. The molecule has 0 fully saturated rings. The maximum atomic E-state index is 13.5. The Hall–Kier alpha value is -0.890. The lowest BCUT2D eigenvalue weighted by Gasteiger charge is -2.28. The largest absolute Gasteiger partial charge is 0.310 e. The fourth-order valence-corrected chi connectivity index (χ4v) is 3.08. The number of hydrogen-bond acceptors (Lipinski definition) is 1. The van der Waals surface area contributed by atoms with Crippen molar-refractivity contribution in [3.63, 3.8) is 0 Å². The number of halogens is 1. The van der Waals surface area contributed by atoms with Crippen LogP contribution in [0.25, 0.3) is 0 Å². The summed E-state index contributed by atoms with van der Waals surface area (Å²) in [5.41, 5.74) is 2.61. The van der Waals surface area contributed by atoms with Crippen LogP contribution in [-0.4, -0.2) is 6.54 Å². The van der Waals surface area contributed by atoms with Crippen molar-refractivity contribution in [3.8, 4) is 0 Å². The molecule has 0 aliphatic carbocycles. The summed E-state index contributed by atoms with van der Waals surface area (Å²) in [4.78, 5) is 0. The average molecular weight is 279 g/mol. The number of aryl methyl sites for hydroxylation is 1. The van der Waals surface area contributed by atoms with Gasteiger partial charge in [-0.3, -0.25) is 0 Å². The Balaban J connectivity index is 2.86. The summed E-state index contributed by atoms with van der Waals surface area (Å²) in [6.45, 7) is 14.2. The zero-order valence-electron chi connectivity index (χ0n) is 13.9. The molecule has 0 saturated heterocycles. The highest BCUT2D eigenvalue weighted by Gasteiger charge is 2.21. The molecular weight excluding hydrogens is 249 g/mol. The summed E-state index contributed by atoms with van der Waals surface area (Å²) < 4.78 is 13.5. The molecule has 0 aliphatic heterocycles. The van der Waals surface area contributed by atoms with E-state index in [1.165, 1.54) is 12.0 Å². The second-order valence-electron chi connectivity index (χ2n) is 7.22. The predicted octanol–water partition coefficient (Wildman–Crippen LogP) is 5.25. The van der Waals surface area contributed by atoms with E-state index >= 15 is 0 Å². The Kier molecular flexibility index (Phi) is 6.19. The van der Waals surface area contributed by atoms with Gasteiger partial charge in [0, 0.05) is 6.04 Å². The first-order valence-electron chi connectivity index (χ1n) is 7.72. The zero-order chi connectivity index (χ0) is 15.3. The van der Waals surface area contributed by atoms with Crippen LogP contribution in [0.5, 0.6) is 0 Å². The molecule has 2 heteroatoms. The summed E-state index contributed by atoms with van der Waals surface area (Å²) in [5.74, 6) is 0.471. The van der Waals surface area contributed by atoms with Gasteiger partial charge in [-0.15, -0.1) is 0 Å². The van der Waals surface area contributed by atoms with E-state index in [-0.39, 0.29) is 11.9 Å². The van der Waals surface area contributed by atoms with Gasteiger partial charge < -0.3 is 5.32 Å². The maximum Gasteiger partial charge on any atom is 0.123 e. The first-order chi connectivity index (χ1) is 9.23. The molecule has 2 unspecified atom stereocenters. The molecule has 1 nitrogen and oxygen atoms in total. The van der Waals surface area contributed by atoms with E-state index in [1.807, 2.05) is 6.07 Å². The molecule has 0 radical (unpaired) electrons. The van der Waals surface area contributed by atoms with Crippen molar-refractivity contribution in [2.24, 2.45) is 11.3 Å². The molecule has 0 bridgehead atoms. The molecule has 0 aromatic heterocycles. The van der Waals surface area contributed by atoms with E-state index in [9.17, 15) is 4.39 Å². The highest BCUT2D eigenvalue weighted by molar-refractivity contribution is 5.29. The lowest BCUT2D eigenvalue weighted by Crippen LogP contribution is -2.25. The fraction of sp³-hybridized carbons (Fsp3) is 0.667. The monoisotopic (exact) mass is 279 g/mol. The van der Waals surface area contributed by atoms with Gasteiger partial charge in [-0.1, -0.05) is 40.7 Å².